The molecule has 0 spiro atoms. The largest absolute Gasteiger partial charge is 0.461 e. The number of halogens is 1. The number of nitro benzene ring substituents is 1. The Morgan fingerprint density at radius 1 is 1.43 bits per heavy atom. The summed E-state index contributed by atoms with van der Waals surface area (Å²) >= 11 is 0. The molecule has 1 aromatic rings. The van der Waals surface area contributed by atoms with Crippen LogP contribution in [-0.4, -0.2) is 40.4 Å². The Kier molecular flexibility index (Phi) is 4.92. The van der Waals surface area contributed by atoms with Gasteiger partial charge in [0.15, 0.2) is 0 Å². The molecular weight excluding hydrogens is 307 g/mol. The number of benzene rings is 1. The Hall–Kier alpha value is -2.51. The van der Waals surface area contributed by atoms with E-state index in [1.807, 2.05) is 0 Å². The zero-order chi connectivity index (χ0) is 17.1. The summed E-state index contributed by atoms with van der Waals surface area (Å²) in [6.07, 6.45) is 0.683. The lowest BCUT2D eigenvalue weighted by Crippen LogP contribution is -2.42. The molecule has 1 aliphatic heterocycles. The topological polar surface area (TPSA) is 89.8 Å². The van der Waals surface area contributed by atoms with Crippen LogP contribution in [-0.2, 0) is 9.53 Å². The minimum Gasteiger partial charge on any atom is -0.461 e. The van der Waals surface area contributed by atoms with Crippen LogP contribution < -0.4 is 0 Å². The number of carbonyl (C=O) groups is 2. The van der Waals surface area contributed by atoms with E-state index in [0.717, 1.165) is 6.07 Å². The third kappa shape index (κ3) is 3.46. The molecule has 2 rings (SSSR count). The second-order valence-corrected chi connectivity index (χ2v) is 5.54. The first kappa shape index (κ1) is 16.9. The molecule has 1 amide bonds. The quantitative estimate of drug-likeness (QED) is 0.481. The average molecular weight is 324 g/mol. The molecular formula is C15H17FN2O5. The molecule has 8 heteroatoms. The molecule has 124 valence electrons. The molecule has 1 fully saturated rings. The van der Waals surface area contributed by atoms with E-state index < -0.39 is 39.9 Å². The van der Waals surface area contributed by atoms with E-state index >= 15 is 0 Å². The Morgan fingerprint density at radius 3 is 2.74 bits per heavy atom. The van der Waals surface area contributed by atoms with Gasteiger partial charge in [-0.1, -0.05) is 6.07 Å². The molecule has 1 atom stereocenters. The first-order valence-electron chi connectivity index (χ1n) is 7.27. The summed E-state index contributed by atoms with van der Waals surface area (Å²) in [4.78, 5) is 35.6. The van der Waals surface area contributed by atoms with Crippen molar-refractivity contribution in [3.8, 4) is 0 Å². The van der Waals surface area contributed by atoms with E-state index in [1.165, 1.54) is 17.0 Å². The number of hydrogen-bond donors (Lipinski definition) is 0. The van der Waals surface area contributed by atoms with Crippen molar-refractivity contribution in [2.45, 2.75) is 38.8 Å². The zero-order valence-electron chi connectivity index (χ0n) is 12.8. The number of ether oxygens (including phenoxy) is 1. The highest BCUT2D eigenvalue weighted by Crippen LogP contribution is 2.26. The molecule has 0 bridgehead atoms. The number of esters is 1. The maximum Gasteiger partial charge on any atom is 0.329 e. The van der Waals surface area contributed by atoms with Crippen molar-refractivity contribution >= 4 is 17.6 Å². The maximum atomic E-state index is 14.2. The van der Waals surface area contributed by atoms with E-state index in [2.05, 4.69) is 0 Å². The predicted octanol–water partition coefficient (Wildman–Crippen LogP) is 2.29. The lowest BCUT2D eigenvalue weighted by atomic mass is 10.1. The Morgan fingerprint density at radius 2 is 2.13 bits per heavy atom. The first-order chi connectivity index (χ1) is 10.8. The third-order valence-electron chi connectivity index (χ3n) is 3.54. The van der Waals surface area contributed by atoms with E-state index in [4.69, 9.17) is 4.74 Å². The highest BCUT2D eigenvalue weighted by molar-refractivity contribution is 5.98. The van der Waals surface area contributed by atoms with Gasteiger partial charge in [0.1, 0.15) is 6.04 Å². The van der Waals surface area contributed by atoms with Gasteiger partial charge in [-0.15, -0.1) is 0 Å². The number of nitrogens with zero attached hydrogens (tertiary/aromatic N) is 2. The molecule has 7 nitrogen and oxygen atoms in total. The van der Waals surface area contributed by atoms with Gasteiger partial charge in [-0.05, 0) is 32.8 Å². The van der Waals surface area contributed by atoms with Gasteiger partial charge in [0.05, 0.1) is 16.6 Å². The van der Waals surface area contributed by atoms with Crippen molar-refractivity contribution in [2.24, 2.45) is 0 Å². The monoisotopic (exact) mass is 324 g/mol. The maximum absolute atomic E-state index is 14.2. The molecule has 0 radical (unpaired) electrons. The second-order valence-electron chi connectivity index (χ2n) is 5.54. The minimum atomic E-state index is -1.19. The minimum absolute atomic E-state index is 0.277. The van der Waals surface area contributed by atoms with Crippen LogP contribution in [0.4, 0.5) is 10.1 Å². The van der Waals surface area contributed by atoms with Gasteiger partial charge in [0.25, 0.3) is 5.91 Å². The number of nitro groups is 1. The standard InChI is InChI=1S/C15H17FN2O5/c1-9(2)23-15(20)12-7-4-8-17(12)14(19)10-5-3-6-11(13(10)16)18(21)22/h3,5-6,9,12H,4,7-8H2,1-2H3/t12-/m0/s1. The smallest absolute Gasteiger partial charge is 0.329 e. The highest BCUT2D eigenvalue weighted by Gasteiger charge is 2.37. The zero-order valence-corrected chi connectivity index (χ0v) is 12.8. The van der Waals surface area contributed by atoms with Crippen LogP contribution in [0.2, 0.25) is 0 Å². The summed E-state index contributed by atoms with van der Waals surface area (Å²) < 4.78 is 19.3. The van der Waals surface area contributed by atoms with Crippen molar-refractivity contribution in [1.29, 1.82) is 0 Å². The van der Waals surface area contributed by atoms with E-state index in [1.54, 1.807) is 13.8 Å². The van der Waals surface area contributed by atoms with Gasteiger partial charge >= 0.3 is 11.7 Å². The van der Waals surface area contributed by atoms with Crippen LogP contribution in [0.15, 0.2) is 18.2 Å². The van der Waals surface area contributed by atoms with Crippen LogP contribution in [0.3, 0.4) is 0 Å². The molecule has 1 aliphatic rings. The number of amides is 1. The SMILES string of the molecule is CC(C)OC(=O)[C@@H]1CCCN1C(=O)c1cccc([N+](=O)[O-])c1F. The lowest BCUT2D eigenvalue weighted by Gasteiger charge is -2.24. The fourth-order valence-electron chi connectivity index (χ4n) is 2.55. The number of carbonyl (C=O) groups excluding carboxylic acids is 2. The summed E-state index contributed by atoms with van der Waals surface area (Å²) in [5, 5.41) is 10.8. The van der Waals surface area contributed by atoms with E-state index in [0.29, 0.717) is 12.8 Å². The highest BCUT2D eigenvalue weighted by atomic mass is 19.1. The van der Waals surface area contributed by atoms with Gasteiger partial charge in [-0.25, -0.2) is 4.79 Å². The molecule has 1 heterocycles. The third-order valence-corrected chi connectivity index (χ3v) is 3.54. The molecule has 23 heavy (non-hydrogen) atoms. The number of likely N-dealkylation sites (tertiary alicyclic amines) is 1. The van der Waals surface area contributed by atoms with E-state index in [9.17, 15) is 24.1 Å². The summed E-state index contributed by atoms with van der Waals surface area (Å²) in [7, 11) is 0. The van der Waals surface area contributed by atoms with Gasteiger partial charge in [0.2, 0.25) is 5.82 Å². The second kappa shape index (κ2) is 6.72. The lowest BCUT2D eigenvalue weighted by molar-refractivity contribution is -0.387. The van der Waals surface area contributed by atoms with E-state index in [-0.39, 0.29) is 12.6 Å². The summed E-state index contributed by atoms with van der Waals surface area (Å²) in [6, 6.07) is 2.61. The van der Waals surface area contributed by atoms with Crippen molar-refractivity contribution in [2.75, 3.05) is 6.54 Å². The normalized spacial score (nSPS) is 17.4. The molecule has 0 unspecified atom stereocenters. The van der Waals surface area contributed by atoms with Crippen molar-refractivity contribution in [3.63, 3.8) is 0 Å². The van der Waals surface area contributed by atoms with Crippen LogP contribution in [0.5, 0.6) is 0 Å². The van der Waals surface area contributed by atoms with Crippen LogP contribution in [0, 0.1) is 15.9 Å². The molecule has 0 saturated carbocycles. The first-order valence-corrected chi connectivity index (χ1v) is 7.27. The van der Waals surface area contributed by atoms with Crippen LogP contribution in [0.1, 0.15) is 37.0 Å². The number of hydrogen-bond acceptors (Lipinski definition) is 5. The van der Waals surface area contributed by atoms with Crippen molar-refractivity contribution < 1.29 is 23.6 Å². The Balaban J connectivity index is 2.28. The summed E-state index contributed by atoms with van der Waals surface area (Å²) in [6.45, 7) is 3.66. The molecule has 0 N–H and O–H groups in total. The summed E-state index contributed by atoms with van der Waals surface area (Å²) in [5.41, 5.74) is -1.18. The molecule has 1 aromatic carbocycles. The van der Waals surface area contributed by atoms with Crippen LogP contribution in [0.25, 0.3) is 0 Å². The van der Waals surface area contributed by atoms with Crippen LogP contribution >= 0.6 is 0 Å². The van der Waals surface area contributed by atoms with Crippen molar-refractivity contribution in [3.05, 3.63) is 39.7 Å². The predicted molar refractivity (Wildman–Crippen MR) is 78.3 cm³/mol. The van der Waals surface area contributed by atoms with Crippen molar-refractivity contribution in [1.82, 2.24) is 4.90 Å². The molecule has 1 saturated heterocycles. The van der Waals surface area contributed by atoms with Gasteiger partial charge in [-0.2, -0.15) is 4.39 Å². The number of rotatable bonds is 4. The fraction of sp³-hybridized carbons (Fsp3) is 0.467. The average Bonchev–Trinajstić information content (AvgIpc) is 2.95. The Bertz CT molecular complexity index is 647. The van der Waals surface area contributed by atoms with Gasteiger partial charge in [-0.3, -0.25) is 14.9 Å². The molecule has 0 aliphatic carbocycles. The molecule has 0 aromatic heterocycles. The van der Waals surface area contributed by atoms with Gasteiger partial charge in [0, 0.05) is 12.6 Å². The Labute approximate surface area is 132 Å². The summed E-state index contributed by atoms with van der Waals surface area (Å²) in [5.74, 6) is -2.48. The van der Waals surface area contributed by atoms with Gasteiger partial charge < -0.3 is 9.64 Å². The fourth-order valence-corrected chi connectivity index (χ4v) is 2.55.